The Hall–Kier alpha value is -4.52. The van der Waals surface area contributed by atoms with E-state index >= 15 is 0 Å². The summed E-state index contributed by atoms with van der Waals surface area (Å²) in [6.07, 6.45) is 3.18. The molecule has 0 aliphatic carbocycles. The summed E-state index contributed by atoms with van der Waals surface area (Å²) < 4.78 is 17.3. The summed E-state index contributed by atoms with van der Waals surface area (Å²) >= 11 is 0. The molecule has 0 aliphatic heterocycles. The van der Waals surface area contributed by atoms with E-state index in [2.05, 4.69) is 5.32 Å². The van der Waals surface area contributed by atoms with Crippen LogP contribution in [0.2, 0.25) is 0 Å². The molecule has 0 saturated heterocycles. The zero-order valence-electron chi connectivity index (χ0n) is 20.5. The molecule has 3 aromatic carbocycles. The minimum absolute atomic E-state index is 0.242. The number of nitrogens with two attached hydrogens (primary N) is 1. The third-order valence-corrected chi connectivity index (χ3v) is 5.67. The Morgan fingerprint density at radius 3 is 2.39 bits per heavy atom. The third kappa shape index (κ3) is 5.25. The van der Waals surface area contributed by atoms with Gasteiger partial charge < -0.3 is 24.9 Å². The first-order valence-electron chi connectivity index (χ1n) is 11.7. The van der Waals surface area contributed by atoms with E-state index in [4.69, 9.17) is 19.6 Å². The van der Waals surface area contributed by atoms with Gasteiger partial charge in [0.05, 0.1) is 30.7 Å². The molecule has 0 fully saturated rings. The Morgan fingerprint density at radius 1 is 0.972 bits per heavy atom. The standard InChI is InChI=1S/C29H28N2O5/c1-4-34-20-12-10-19(11-13-20)24-17-36-27-16-26(35-5-2)22(15-23(24)27)18(3)14-28(32)31-25-9-7-6-8-21(25)29(30)33/h6-17H,4-5H2,1-3H3,(H2,30,33)(H,31,32)/b18-14+. The van der Waals surface area contributed by atoms with Gasteiger partial charge in [0.15, 0.2) is 0 Å². The molecule has 0 spiro atoms. The summed E-state index contributed by atoms with van der Waals surface area (Å²) in [6, 6.07) is 18.2. The molecule has 36 heavy (non-hydrogen) atoms. The summed E-state index contributed by atoms with van der Waals surface area (Å²) in [5, 5.41) is 3.63. The predicted octanol–water partition coefficient (Wildman–Crippen LogP) is 6.04. The molecular formula is C29H28N2O5. The average Bonchev–Trinajstić information content (AvgIpc) is 3.27. The molecule has 0 atom stereocenters. The molecule has 0 saturated carbocycles. The second kappa shape index (κ2) is 10.8. The molecule has 7 nitrogen and oxygen atoms in total. The van der Waals surface area contributed by atoms with Gasteiger partial charge in [0.2, 0.25) is 5.91 Å². The van der Waals surface area contributed by atoms with Crippen molar-refractivity contribution in [1.29, 1.82) is 0 Å². The minimum atomic E-state index is -0.613. The summed E-state index contributed by atoms with van der Waals surface area (Å²) in [5.41, 5.74) is 10.1. The van der Waals surface area contributed by atoms with Crippen molar-refractivity contribution in [2.24, 2.45) is 5.73 Å². The van der Waals surface area contributed by atoms with Gasteiger partial charge in [-0.25, -0.2) is 0 Å². The lowest BCUT2D eigenvalue weighted by Gasteiger charge is -2.12. The maximum absolute atomic E-state index is 12.8. The predicted molar refractivity (Wildman–Crippen MR) is 141 cm³/mol. The number of hydrogen-bond donors (Lipinski definition) is 2. The number of primary amides is 1. The first-order valence-corrected chi connectivity index (χ1v) is 11.7. The lowest BCUT2D eigenvalue weighted by Crippen LogP contribution is -2.17. The lowest BCUT2D eigenvalue weighted by atomic mass is 9.99. The number of anilines is 1. The van der Waals surface area contributed by atoms with E-state index < -0.39 is 5.91 Å². The van der Waals surface area contributed by atoms with Crippen LogP contribution in [-0.4, -0.2) is 25.0 Å². The van der Waals surface area contributed by atoms with Crippen molar-refractivity contribution in [3.63, 3.8) is 0 Å². The number of hydrogen-bond acceptors (Lipinski definition) is 5. The van der Waals surface area contributed by atoms with E-state index in [1.54, 1.807) is 30.5 Å². The zero-order chi connectivity index (χ0) is 25.7. The summed E-state index contributed by atoms with van der Waals surface area (Å²) in [6.45, 7) is 6.73. The smallest absolute Gasteiger partial charge is 0.250 e. The van der Waals surface area contributed by atoms with Crippen LogP contribution in [0.3, 0.4) is 0 Å². The molecule has 4 rings (SSSR count). The number of carbonyl (C=O) groups excluding carboxylic acids is 2. The molecule has 1 aromatic heterocycles. The Kier molecular flexibility index (Phi) is 7.39. The number of fused-ring (bicyclic) bond motifs is 1. The molecule has 2 amide bonds. The topological polar surface area (TPSA) is 104 Å². The number of benzene rings is 3. The highest BCUT2D eigenvalue weighted by Crippen LogP contribution is 2.38. The van der Waals surface area contributed by atoms with Crippen LogP contribution < -0.4 is 20.5 Å². The maximum Gasteiger partial charge on any atom is 0.250 e. The van der Waals surface area contributed by atoms with Gasteiger partial charge in [0, 0.05) is 28.7 Å². The largest absolute Gasteiger partial charge is 0.494 e. The number of para-hydroxylation sites is 1. The molecule has 184 valence electrons. The quantitative estimate of drug-likeness (QED) is 0.282. The number of nitrogens with one attached hydrogen (secondary N) is 1. The lowest BCUT2D eigenvalue weighted by molar-refractivity contribution is -0.111. The van der Waals surface area contributed by atoms with Gasteiger partial charge in [-0.05, 0) is 62.2 Å². The van der Waals surface area contributed by atoms with Crippen LogP contribution in [0.4, 0.5) is 5.69 Å². The van der Waals surface area contributed by atoms with Crippen LogP contribution in [0, 0.1) is 0 Å². The summed E-state index contributed by atoms with van der Waals surface area (Å²) in [4.78, 5) is 24.5. The van der Waals surface area contributed by atoms with Crippen molar-refractivity contribution in [3.05, 3.63) is 84.1 Å². The number of ether oxygens (including phenoxy) is 2. The first-order chi connectivity index (χ1) is 17.4. The van der Waals surface area contributed by atoms with Gasteiger partial charge in [0.25, 0.3) is 5.91 Å². The molecule has 0 radical (unpaired) electrons. The van der Waals surface area contributed by atoms with E-state index in [0.717, 1.165) is 27.8 Å². The van der Waals surface area contributed by atoms with Crippen LogP contribution >= 0.6 is 0 Å². The Labute approximate surface area is 209 Å². The highest BCUT2D eigenvalue weighted by atomic mass is 16.5. The van der Waals surface area contributed by atoms with E-state index in [1.165, 1.54) is 6.08 Å². The van der Waals surface area contributed by atoms with E-state index in [-0.39, 0.29) is 11.5 Å². The van der Waals surface area contributed by atoms with Crippen molar-refractivity contribution < 1.29 is 23.5 Å². The van der Waals surface area contributed by atoms with Gasteiger partial charge >= 0.3 is 0 Å². The van der Waals surface area contributed by atoms with Gasteiger partial charge in [-0.15, -0.1) is 0 Å². The number of furan rings is 1. The fourth-order valence-corrected chi connectivity index (χ4v) is 4.01. The van der Waals surface area contributed by atoms with Crippen LogP contribution in [-0.2, 0) is 4.79 Å². The summed E-state index contributed by atoms with van der Waals surface area (Å²) in [7, 11) is 0. The van der Waals surface area contributed by atoms with Crippen LogP contribution in [0.1, 0.15) is 36.7 Å². The van der Waals surface area contributed by atoms with Crippen molar-refractivity contribution in [3.8, 4) is 22.6 Å². The number of amides is 2. The zero-order valence-corrected chi connectivity index (χ0v) is 20.5. The molecule has 7 heteroatoms. The Morgan fingerprint density at radius 2 is 1.69 bits per heavy atom. The molecule has 1 heterocycles. The van der Waals surface area contributed by atoms with Gasteiger partial charge in [-0.1, -0.05) is 24.3 Å². The highest BCUT2D eigenvalue weighted by Gasteiger charge is 2.16. The molecule has 4 aromatic rings. The van der Waals surface area contributed by atoms with Crippen molar-refractivity contribution in [2.75, 3.05) is 18.5 Å². The van der Waals surface area contributed by atoms with Gasteiger partial charge in [0.1, 0.15) is 17.1 Å². The molecule has 0 unspecified atom stereocenters. The second-order valence-electron chi connectivity index (χ2n) is 8.11. The minimum Gasteiger partial charge on any atom is -0.494 e. The Bertz CT molecular complexity index is 1430. The van der Waals surface area contributed by atoms with Gasteiger partial charge in [-0.3, -0.25) is 9.59 Å². The molecular weight excluding hydrogens is 456 g/mol. The van der Waals surface area contributed by atoms with E-state index in [1.807, 2.05) is 57.2 Å². The number of rotatable bonds is 9. The fourth-order valence-electron chi connectivity index (χ4n) is 4.01. The maximum atomic E-state index is 12.8. The van der Waals surface area contributed by atoms with Crippen LogP contribution in [0.5, 0.6) is 11.5 Å². The average molecular weight is 485 g/mol. The van der Waals surface area contributed by atoms with E-state index in [9.17, 15) is 9.59 Å². The summed E-state index contributed by atoms with van der Waals surface area (Å²) in [5.74, 6) is 0.410. The first kappa shape index (κ1) is 24.6. The fraction of sp³-hybridized carbons (Fsp3) is 0.172. The third-order valence-electron chi connectivity index (χ3n) is 5.67. The van der Waals surface area contributed by atoms with E-state index in [0.29, 0.717) is 35.8 Å². The molecule has 3 N–H and O–H groups in total. The van der Waals surface area contributed by atoms with Crippen LogP contribution in [0.25, 0.3) is 27.7 Å². The van der Waals surface area contributed by atoms with Gasteiger partial charge in [-0.2, -0.15) is 0 Å². The number of carbonyl (C=O) groups is 2. The number of allylic oxidation sites excluding steroid dienone is 1. The second-order valence-corrected chi connectivity index (χ2v) is 8.11. The Balaban J connectivity index is 1.70. The molecule has 0 aliphatic rings. The van der Waals surface area contributed by atoms with Crippen molar-refractivity contribution in [2.45, 2.75) is 20.8 Å². The molecule has 0 bridgehead atoms. The highest BCUT2D eigenvalue weighted by molar-refractivity contribution is 6.09. The van der Waals surface area contributed by atoms with Crippen LogP contribution in [0.15, 0.2) is 77.4 Å². The normalized spacial score (nSPS) is 11.4. The SMILES string of the molecule is CCOc1ccc(-c2coc3cc(OCC)c(/C(C)=C/C(=O)Nc4ccccc4C(N)=O)cc23)cc1. The van der Waals surface area contributed by atoms with Crippen molar-refractivity contribution in [1.82, 2.24) is 0 Å². The van der Waals surface area contributed by atoms with Crippen molar-refractivity contribution >= 4 is 34.0 Å². The monoisotopic (exact) mass is 484 g/mol.